The third-order valence-corrected chi connectivity index (χ3v) is 16.3. The van der Waals surface area contributed by atoms with Gasteiger partial charge in [-0.3, -0.25) is 4.79 Å². The van der Waals surface area contributed by atoms with Crippen LogP contribution in [0.2, 0.25) is 0 Å². The molecule has 0 amide bonds. The summed E-state index contributed by atoms with van der Waals surface area (Å²) in [6.07, 6.45) is 21.7. The fourth-order valence-electron chi connectivity index (χ4n) is 10.3. The Balaban J connectivity index is 0.000000542. The topological polar surface area (TPSA) is 192 Å². The maximum absolute atomic E-state index is 11.2. The van der Waals surface area contributed by atoms with E-state index in [1.54, 1.807) is 6.92 Å². The summed E-state index contributed by atoms with van der Waals surface area (Å²) in [5.41, 5.74) is 25.7. The van der Waals surface area contributed by atoms with Gasteiger partial charge in [-0.1, -0.05) is 254 Å². The number of hydrogen-bond acceptors (Lipinski definition) is 6. The van der Waals surface area contributed by atoms with Crippen molar-refractivity contribution in [3.05, 3.63) is 306 Å². The number of isothiocyanates is 2. The summed E-state index contributed by atoms with van der Waals surface area (Å²) >= 11 is 7.40. The number of nitrogens with zero attached hydrogens (tertiary/aromatic N) is 7. The van der Waals surface area contributed by atoms with Gasteiger partial charge in [0.2, 0.25) is 0 Å². The fourth-order valence-corrected chi connectivity index (χ4v) is 10.3. The minimum absolute atomic E-state index is 0. The molecular weight excluding hydrogens is 1310 g/mol. The predicted octanol–water partition coefficient (Wildman–Crippen LogP) is 23.0. The summed E-state index contributed by atoms with van der Waals surface area (Å²) in [7, 11) is 0. The number of hydrogen-bond donors (Lipinski definition) is 2. The number of benzene rings is 6. The molecule has 1 atom stereocenters. The van der Waals surface area contributed by atoms with Gasteiger partial charge in [-0.25, -0.2) is 4.79 Å². The van der Waals surface area contributed by atoms with Crippen molar-refractivity contribution in [2.45, 2.75) is 125 Å². The molecule has 3 N–H and O–H groups in total. The zero-order valence-electron chi connectivity index (χ0n) is 57.5. The van der Waals surface area contributed by atoms with Crippen LogP contribution in [-0.4, -0.2) is 52.1 Å². The van der Waals surface area contributed by atoms with Crippen LogP contribution < -0.4 is 9.80 Å². The first-order valence-corrected chi connectivity index (χ1v) is 32.4. The Labute approximate surface area is 593 Å². The number of nitrogens with one attached hydrogen (secondary N) is 1. The Morgan fingerprint density at radius 2 is 0.760 bits per heavy atom. The molecule has 497 valence electrons. The van der Waals surface area contributed by atoms with Crippen LogP contribution in [0, 0.1) is 5.41 Å². The van der Waals surface area contributed by atoms with Crippen molar-refractivity contribution >= 4 is 93.0 Å². The zero-order chi connectivity index (χ0) is 69.9. The maximum atomic E-state index is 11.2. The number of aliphatic carboxylic acids is 2. The van der Waals surface area contributed by atoms with Crippen molar-refractivity contribution in [2.75, 3.05) is 29.4 Å². The van der Waals surface area contributed by atoms with E-state index in [2.05, 4.69) is 317 Å². The molecule has 6 aromatic carbocycles. The summed E-state index contributed by atoms with van der Waals surface area (Å²) in [5.74, 6) is -2.11. The molecule has 0 saturated carbocycles. The zero-order valence-corrected chi connectivity index (χ0v) is 60.9. The number of carbonyl (C=O) groups is 2. The van der Waals surface area contributed by atoms with Gasteiger partial charge in [-0.2, -0.15) is 33.1 Å². The second-order valence-corrected chi connectivity index (χ2v) is 27.9. The normalized spacial score (nSPS) is 14.5. The van der Waals surface area contributed by atoms with Crippen molar-refractivity contribution in [1.82, 2.24) is 0 Å². The van der Waals surface area contributed by atoms with E-state index in [1.807, 2.05) is 0 Å². The van der Waals surface area contributed by atoms with E-state index < -0.39 is 17.4 Å². The molecule has 0 spiro atoms. The molecule has 1 radical (unpaired) electrons. The number of carboxylic acids is 2. The Kier molecular flexibility index (Phi) is 28.0. The van der Waals surface area contributed by atoms with Crippen LogP contribution in [0.4, 0.5) is 34.1 Å². The van der Waals surface area contributed by atoms with Crippen LogP contribution in [0.15, 0.2) is 240 Å². The van der Waals surface area contributed by atoms with Gasteiger partial charge in [0.15, 0.2) is 0 Å². The minimum Gasteiger partial charge on any atom is -0.753 e. The van der Waals surface area contributed by atoms with Crippen LogP contribution in [0.5, 0.6) is 0 Å². The van der Waals surface area contributed by atoms with E-state index in [9.17, 15) is 9.59 Å². The second-order valence-electron chi connectivity index (χ2n) is 27.5. The molecule has 9 rings (SSSR count). The van der Waals surface area contributed by atoms with Crippen molar-refractivity contribution in [3.63, 3.8) is 0 Å². The third kappa shape index (κ3) is 22.0. The molecule has 96 heavy (non-hydrogen) atoms. The molecule has 0 fully saturated rings. The molecule has 6 aromatic rings. The molecule has 3 aliphatic heterocycles. The Bertz CT molecular complexity index is 3670. The van der Waals surface area contributed by atoms with Gasteiger partial charge < -0.3 is 52.5 Å². The van der Waals surface area contributed by atoms with Crippen molar-refractivity contribution in [1.29, 1.82) is 0 Å². The van der Waals surface area contributed by atoms with Crippen LogP contribution in [-0.2, 0) is 50.7 Å². The summed E-state index contributed by atoms with van der Waals surface area (Å²) in [6, 6.07) is 53.7. The molecule has 0 aromatic heterocycles. The summed E-state index contributed by atoms with van der Waals surface area (Å²) in [4.78, 5) is 26.7. The molecule has 12 nitrogen and oxygen atoms in total. The fraction of sp³-hybridized carbons (Fsp3) is 0.284. The van der Waals surface area contributed by atoms with E-state index in [1.165, 1.54) is 57.7 Å². The number of thiocarbonyl (C=S) groups is 2. The Morgan fingerprint density at radius 1 is 0.479 bits per heavy atom. The standard InChI is InChI=1S/C66H72N4.C13H16N2O4.2CNS.Ru/c1-63(2,3)51-21-33-57(34-22-51)69(58-35-23-52(24-36-58)64(4,5)6)55-29-17-47(18-30-55)13-15-49-41-43-67-61(45-49)62-46-50(42-44-68-62)16-14-48-19-31-56(32-20-48)70(59-37-25-53(26-38-59)65(7,8)9)60-39-27-54(28-40-60)66(10,11)12;1-3-13(2,12(18)19)7-9(14)10-6-8(11(16)17)4-5-15-10;2*2-1-3;/h13-42,45-46H,43-44H2,1-12H3;4,6-7,14H,3,5H2,1-2H3,(H,16,17)(H,18,19);;;/q2*-2;2*-1;+5/b15-13+,16-14+;9-7-;;;. The maximum Gasteiger partial charge on any atom is 5.00 e. The van der Waals surface area contributed by atoms with Crippen LogP contribution in [0.3, 0.4) is 0 Å². The molecule has 3 heterocycles. The summed E-state index contributed by atoms with van der Waals surface area (Å²) in [6.45, 7) is 31.8. The van der Waals surface area contributed by atoms with Gasteiger partial charge in [-0.05, 0) is 152 Å². The van der Waals surface area contributed by atoms with Crippen molar-refractivity contribution < 1.29 is 39.3 Å². The molecule has 0 saturated heterocycles. The smallest absolute Gasteiger partial charge is 0.753 e. The van der Waals surface area contributed by atoms with E-state index >= 15 is 0 Å². The van der Waals surface area contributed by atoms with Gasteiger partial charge in [0, 0.05) is 34.1 Å². The quantitative estimate of drug-likeness (QED) is 0.0543. The van der Waals surface area contributed by atoms with Crippen molar-refractivity contribution in [2.24, 2.45) is 5.41 Å². The van der Waals surface area contributed by atoms with Crippen LogP contribution in [0.1, 0.15) is 137 Å². The Hall–Kier alpha value is -9.06. The van der Waals surface area contributed by atoms with Crippen LogP contribution >= 0.6 is 24.4 Å². The van der Waals surface area contributed by atoms with Crippen molar-refractivity contribution in [3.8, 4) is 0 Å². The first kappa shape index (κ1) is 77.6. The van der Waals surface area contributed by atoms with E-state index in [0.29, 0.717) is 19.5 Å². The van der Waals surface area contributed by atoms with Gasteiger partial charge >= 0.3 is 31.4 Å². The SMILES string of the molecule is CC(C)(C)c1ccc(N(c2ccc(/C=C/C3=CC[N-]C(C4=CC(/C=C/c5ccc(N(c6ccc(C(C)(C)C)cc6)c6ccc(C(C)(C)C)cc6)cc5)=CC[N-]4)=C3)cc2)c2ccc(C(C)(C)C)cc2)cc1.CCC(C)(/C=C(\[NH-])C1=CC(C(=O)O)=CC[N-]1)C(=O)O.[N-]=C=S.[N-]=C=S.[Ru+5]. The minimum atomic E-state index is -1.15. The van der Waals surface area contributed by atoms with E-state index in [4.69, 9.17) is 37.4 Å². The second kappa shape index (κ2) is 34.6. The van der Waals surface area contributed by atoms with Gasteiger partial charge in [0.1, 0.15) is 0 Å². The molecular formula is C81H88N8O4RuS2-. The molecule has 15 heteroatoms. The first-order chi connectivity index (χ1) is 44.8. The molecule has 3 aliphatic rings. The number of rotatable bonds is 16. The average Bonchev–Trinajstić information content (AvgIpc) is 0.810. The number of anilines is 6. The van der Waals surface area contributed by atoms with E-state index in [-0.39, 0.29) is 64.6 Å². The summed E-state index contributed by atoms with van der Waals surface area (Å²) in [5, 5.41) is 48.7. The largest absolute Gasteiger partial charge is 5.00 e. The van der Waals surface area contributed by atoms with Crippen LogP contribution in [0.25, 0.3) is 44.7 Å². The predicted molar refractivity (Wildman–Crippen MR) is 406 cm³/mol. The van der Waals surface area contributed by atoms with Gasteiger partial charge in [0.05, 0.1) is 11.0 Å². The number of allylic oxidation sites excluding steroid dienone is 6. The van der Waals surface area contributed by atoms with Gasteiger partial charge in [0.25, 0.3) is 0 Å². The average molecular weight is 1400 g/mol. The third-order valence-electron chi connectivity index (χ3n) is 16.3. The first-order valence-electron chi connectivity index (χ1n) is 31.6. The molecule has 0 bridgehead atoms. The molecule has 0 aliphatic carbocycles. The number of carboxylic acid groups (broad SMARTS) is 2. The Morgan fingerprint density at radius 3 is 1.02 bits per heavy atom. The summed E-state index contributed by atoms with van der Waals surface area (Å²) < 4.78 is 0. The molecule has 1 unspecified atom stereocenters. The van der Waals surface area contributed by atoms with E-state index in [0.717, 1.165) is 67.8 Å². The monoisotopic (exact) mass is 1400 g/mol. The van der Waals surface area contributed by atoms with Gasteiger partial charge in [-0.15, -0.1) is 19.6 Å².